The summed E-state index contributed by atoms with van der Waals surface area (Å²) in [6.07, 6.45) is 1.99. The van der Waals surface area contributed by atoms with E-state index in [9.17, 15) is 0 Å². The van der Waals surface area contributed by atoms with Crippen LogP contribution in [0.15, 0.2) is 0 Å². The Morgan fingerprint density at radius 3 is 2.75 bits per heavy atom. The Hall–Kier alpha value is -0.520. The Kier molecular flexibility index (Phi) is 6.52. The molecule has 4 nitrogen and oxygen atoms in total. The Morgan fingerprint density at radius 2 is 2.06 bits per heavy atom. The third-order valence-electron chi connectivity index (χ3n) is 1.97. The first-order valence-electron chi connectivity index (χ1n) is 5.84. The molecule has 0 aromatic carbocycles. The molecule has 1 N–H and O–H groups in total. The fourth-order valence-corrected chi connectivity index (χ4v) is 2.00. The van der Waals surface area contributed by atoms with Crippen LogP contribution in [0.25, 0.3) is 0 Å². The largest absolute Gasteiger partial charge is 0.374 e. The standard InChI is InChI=1S/C11H21N3OS/c1-4-7-15-8-11-14-13-10(16-11)5-6-12-9(2)3/h9,12H,4-8H2,1-3H3. The van der Waals surface area contributed by atoms with Crippen LogP contribution in [0, 0.1) is 0 Å². The zero-order valence-electron chi connectivity index (χ0n) is 10.3. The highest BCUT2D eigenvalue weighted by Crippen LogP contribution is 2.11. The Labute approximate surface area is 101 Å². The van der Waals surface area contributed by atoms with Crippen molar-refractivity contribution in [2.75, 3.05) is 13.2 Å². The predicted molar refractivity (Wildman–Crippen MR) is 66.7 cm³/mol. The molecular weight excluding hydrogens is 222 g/mol. The molecule has 16 heavy (non-hydrogen) atoms. The van der Waals surface area contributed by atoms with Gasteiger partial charge in [0.2, 0.25) is 0 Å². The van der Waals surface area contributed by atoms with Crippen LogP contribution >= 0.6 is 11.3 Å². The van der Waals surface area contributed by atoms with Crippen molar-refractivity contribution >= 4 is 11.3 Å². The van der Waals surface area contributed by atoms with E-state index in [-0.39, 0.29) is 0 Å². The van der Waals surface area contributed by atoms with Crippen LogP contribution in [-0.4, -0.2) is 29.4 Å². The first-order valence-corrected chi connectivity index (χ1v) is 6.66. The minimum absolute atomic E-state index is 0.528. The quantitative estimate of drug-likeness (QED) is 0.709. The number of ether oxygens (including phenoxy) is 1. The average molecular weight is 243 g/mol. The van der Waals surface area contributed by atoms with Gasteiger partial charge in [-0.25, -0.2) is 0 Å². The van der Waals surface area contributed by atoms with Crippen LogP contribution in [0.2, 0.25) is 0 Å². The molecule has 5 heteroatoms. The zero-order chi connectivity index (χ0) is 11.8. The van der Waals surface area contributed by atoms with E-state index in [1.165, 1.54) is 0 Å². The third kappa shape index (κ3) is 5.53. The summed E-state index contributed by atoms with van der Waals surface area (Å²) in [5.74, 6) is 0. The normalized spacial score (nSPS) is 11.2. The molecule has 0 radical (unpaired) electrons. The van der Waals surface area contributed by atoms with E-state index >= 15 is 0 Å². The van der Waals surface area contributed by atoms with E-state index in [0.717, 1.165) is 36.0 Å². The summed E-state index contributed by atoms with van der Waals surface area (Å²) in [5, 5.41) is 13.7. The highest BCUT2D eigenvalue weighted by molar-refractivity contribution is 7.11. The minimum atomic E-state index is 0.528. The first-order chi connectivity index (χ1) is 7.72. The minimum Gasteiger partial charge on any atom is -0.374 e. The van der Waals surface area contributed by atoms with E-state index in [1.807, 2.05) is 0 Å². The van der Waals surface area contributed by atoms with Gasteiger partial charge in [-0.05, 0) is 6.42 Å². The van der Waals surface area contributed by atoms with E-state index in [4.69, 9.17) is 4.74 Å². The number of nitrogens with zero attached hydrogens (tertiary/aromatic N) is 2. The van der Waals surface area contributed by atoms with Crippen molar-refractivity contribution in [1.82, 2.24) is 15.5 Å². The van der Waals surface area contributed by atoms with Crippen LogP contribution in [0.1, 0.15) is 37.2 Å². The molecule has 0 fully saturated rings. The molecule has 0 saturated heterocycles. The molecule has 0 aliphatic carbocycles. The average Bonchev–Trinajstić information content (AvgIpc) is 2.66. The second-order valence-corrected chi connectivity index (χ2v) is 5.15. The van der Waals surface area contributed by atoms with Crippen molar-refractivity contribution in [1.29, 1.82) is 0 Å². The second kappa shape index (κ2) is 7.70. The van der Waals surface area contributed by atoms with Crippen molar-refractivity contribution in [3.05, 3.63) is 10.0 Å². The maximum atomic E-state index is 5.42. The van der Waals surface area contributed by atoms with Crippen LogP contribution in [-0.2, 0) is 17.8 Å². The molecule has 1 aromatic rings. The lowest BCUT2D eigenvalue weighted by molar-refractivity contribution is 0.121. The number of aromatic nitrogens is 2. The summed E-state index contributed by atoms with van der Waals surface area (Å²) >= 11 is 1.65. The number of rotatable bonds is 8. The molecular formula is C11H21N3OS. The molecule has 1 rings (SSSR count). The van der Waals surface area contributed by atoms with E-state index in [2.05, 4.69) is 36.3 Å². The van der Waals surface area contributed by atoms with Gasteiger partial charge in [0.05, 0.1) is 0 Å². The molecule has 1 aromatic heterocycles. The molecule has 0 unspecified atom stereocenters. The van der Waals surface area contributed by atoms with Crippen molar-refractivity contribution in [3.63, 3.8) is 0 Å². The van der Waals surface area contributed by atoms with Crippen molar-refractivity contribution in [2.24, 2.45) is 0 Å². The lowest BCUT2D eigenvalue weighted by Gasteiger charge is -2.05. The fraction of sp³-hybridized carbons (Fsp3) is 0.818. The molecule has 1 heterocycles. The monoisotopic (exact) mass is 243 g/mol. The Bertz CT molecular complexity index is 289. The van der Waals surface area contributed by atoms with Crippen LogP contribution < -0.4 is 5.32 Å². The van der Waals surface area contributed by atoms with Gasteiger partial charge in [0.25, 0.3) is 0 Å². The molecule has 92 valence electrons. The lowest BCUT2D eigenvalue weighted by Crippen LogP contribution is -2.24. The molecule has 0 atom stereocenters. The summed E-state index contributed by atoms with van der Waals surface area (Å²) in [7, 11) is 0. The number of hydrogen-bond acceptors (Lipinski definition) is 5. The Morgan fingerprint density at radius 1 is 1.31 bits per heavy atom. The number of nitrogens with one attached hydrogen (secondary N) is 1. The fourth-order valence-electron chi connectivity index (χ4n) is 1.22. The maximum Gasteiger partial charge on any atom is 0.143 e. The van der Waals surface area contributed by atoms with Gasteiger partial charge in [-0.1, -0.05) is 32.1 Å². The topological polar surface area (TPSA) is 47.0 Å². The predicted octanol–water partition coefficient (Wildman–Crippen LogP) is 2.01. The summed E-state index contributed by atoms with van der Waals surface area (Å²) in [4.78, 5) is 0. The van der Waals surface area contributed by atoms with Crippen molar-refractivity contribution in [3.8, 4) is 0 Å². The summed E-state index contributed by atoms with van der Waals surface area (Å²) in [6, 6.07) is 0.528. The molecule has 0 aliphatic heterocycles. The summed E-state index contributed by atoms with van der Waals surface area (Å²) in [5.41, 5.74) is 0. The Balaban J connectivity index is 2.22. The van der Waals surface area contributed by atoms with Crippen molar-refractivity contribution < 1.29 is 4.74 Å². The van der Waals surface area contributed by atoms with Gasteiger partial charge >= 0.3 is 0 Å². The molecule has 0 spiro atoms. The summed E-state index contributed by atoms with van der Waals surface area (Å²) < 4.78 is 5.42. The van der Waals surface area contributed by atoms with Gasteiger partial charge in [-0.15, -0.1) is 10.2 Å². The van der Waals surface area contributed by atoms with Crippen LogP contribution in [0.3, 0.4) is 0 Å². The van der Waals surface area contributed by atoms with Crippen molar-refractivity contribution in [2.45, 2.75) is 46.3 Å². The second-order valence-electron chi connectivity index (χ2n) is 4.00. The van der Waals surface area contributed by atoms with E-state index < -0.39 is 0 Å². The molecule has 0 saturated carbocycles. The number of hydrogen-bond donors (Lipinski definition) is 1. The van der Waals surface area contributed by atoms with E-state index in [0.29, 0.717) is 12.6 Å². The molecule has 0 amide bonds. The third-order valence-corrected chi connectivity index (χ3v) is 2.93. The van der Waals surface area contributed by atoms with Gasteiger partial charge in [-0.2, -0.15) is 0 Å². The smallest absolute Gasteiger partial charge is 0.143 e. The zero-order valence-corrected chi connectivity index (χ0v) is 11.1. The van der Waals surface area contributed by atoms with Crippen LogP contribution in [0.4, 0.5) is 0 Å². The van der Waals surface area contributed by atoms with Gasteiger partial charge in [-0.3, -0.25) is 0 Å². The lowest BCUT2D eigenvalue weighted by atomic mass is 10.3. The SMILES string of the molecule is CCCOCc1nnc(CCNC(C)C)s1. The maximum absolute atomic E-state index is 5.42. The summed E-state index contributed by atoms with van der Waals surface area (Å²) in [6.45, 7) is 8.74. The highest BCUT2D eigenvalue weighted by atomic mass is 32.1. The van der Waals surface area contributed by atoms with Crippen LogP contribution in [0.5, 0.6) is 0 Å². The first kappa shape index (κ1) is 13.5. The highest BCUT2D eigenvalue weighted by Gasteiger charge is 2.04. The molecule has 0 aliphatic rings. The van der Waals surface area contributed by atoms with Gasteiger partial charge in [0.15, 0.2) is 0 Å². The molecule has 0 bridgehead atoms. The van der Waals surface area contributed by atoms with Gasteiger partial charge in [0.1, 0.15) is 16.6 Å². The van der Waals surface area contributed by atoms with E-state index in [1.54, 1.807) is 11.3 Å². The van der Waals surface area contributed by atoms with Gasteiger partial charge in [0, 0.05) is 25.6 Å². The van der Waals surface area contributed by atoms with Gasteiger partial charge < -0.3 is 10.1 Å².